The predicted molar refractivity (Wildman–Crippen MR) is 102 cm³/mol. The predicted octanol–water partition coefficient (Wildman–Crippen LogP) is 1.47. The van der Waals surface area contributed by atoms with Crippen molar-refractivity contribution in [1.29, 1.82) is 0 Å². The first-order chi connectivity index (χ1) is 10.8. The van der Waals surface area contributed by atoms with Crippen LogP contribution >= 0.6 is 0 Å². The molecular formula is C18H18Se4. The van der Waals surface area contributed by atoms with Crippen LogP contribution in [-0.2, 0) is 10.6 Å². The minimum absolute atomic E-state index is 0.428. The average molecular weight is 550 g/mol. The zero-order valence-electron chi connectivity index (χ0n) is 12.7. The molecule has 0 aliphatic heterocycles. The first-order valence-corrected chi connectivity index (χ1v) is 16.1. The zero-order chi connectivity index (χ0) is 15.6. The van der Waals surface area contributed by atoms with Crippen LogP contribution in [0.25, 0.3) is 0 Å². The van der Waals surface area contributed by atoms with Crippen molar-refractivity contribution in [2.75, 3.05) is 0 Å². The van der Waals surface area contributed by atoms with Gasteiger partial charge in [0.1, 0.15) is 0 Å². The second-order valence-electron chi connectivity index (χ2n) is 4.41. The van der Waals surface area contributed by atoms with Crippen molar-refractivity contribution in [3.63, 3.8) is 0 Å². The molecule has 0 spiro atoms. The molecule has 0 heterocycles. The van der Waals surface area contributed by atoms with E-state index in [2.05, 4.69) is 69.8 Å². The molecule has 0 nitrogen and oxygen atoms in total. The van der Waals surface area contributed by atoms with Gasteiger partial charge >= 0.3 is 160 Å². The van der Waals surface area contributed by atoms with Gasteiger partial charge in [0.05, 0.1) is 0 Å². The fourth-order valence-corrected chi connectivity index (χ4v) is 8.99. The second kappa shape index (κ2) is 10.8. The van der Waals surface area contributed by atoms with E-state index < -0.39 is 0 Å². The second-order valence-corrected chi connectivity index (χ2v) is 11.2. The molecule has 0 fully saturated rings. The topological polar surface area (TPSA) is 0 Å². The summed E-state index contributed by atoms with van der Waals surface area (Å²) in [7, 11) is 0. The van der Waals surface area contributed by atoms with Crippen LogP contribution in [0.1, 0.15) is 11.1 Å². The molecule has 0 saturated heterocycles. The summed E-state index contributed by atoms with van der Waals surface area (Å²) in [6.45, 7) is 0. The SMILES string of the molecule is C[Se]c1ccccc1C[Se]C#C[Se]Cc1ccccc1[Se]C. The number of hydrogen-bond acceptors (Lipinski definition) is 0. The Hall–Kier alpha value is 0.0779. The van der Waals surface area contributed by atoms with E-state index >= 15 is 0 Å². The molecule has 0 saturated carbocycles. The fraction of sp³-hybridized carbons (Fsp3) is 0.222. The van der Waals surface area contributed by atoms with Gasteiger partial charge in [0.15, 0.2) is 0 Å². The van der Waals surface area contributed by atoms with Gasteiger partial charge in [-0.05, 0) is 0 Å². The standard InChI is InChI=1S/C18H18Se4/c1-19-17-9-5-3-7-15(17)13-21-11-12-22-14-16-8-4-6-10-18(16)20-2/h3-10H,13-14H2,1-2H3. The summed E-state index contributed by atoms with van der Waals surface area (Å²) in [4.78, 5) is 6.89. The van der Waals surface area contributed by atoms with Gasteiger partial charge in [-0.2, -0.15) is 0 Å². The molecule has 2 rings (SSSR count). The van der Waals surface area contributed by atoms with Crippen LogP contribution in [0.3, 0.4) is 0 Å². The molecular weight excluding hydrogens is 532 g/mol. The molecule has 2 aromatic carbocycles. The summed E-state index contributed by atoms with van der Waals surface area (Å²) in [6.07, 6.45) is 0. The van der Waals surface area contributed by atoms with Crippen molar-refractivity contribution in [2.24, 2.45) is 0 Å². The Morgan fingerprint density at radius 1 is 0.682 bits per heavy atom. The van der Waals surface area contributed by atoms with E-state index in [4.69, 9.17) is 0 Å². The molecule has 114 valence electrons. The van der Waals surface area contributed by atoms with Crippen molar-refractivity contribution in [3.05, 3.63) is 59.7 Å². The van der Waals surface area contributed by atoms with Gasteiger partial charge in [0, 0.05) is 0 Å². The molecule has 4 heteroatoms. The average Bonchev–Trinajstić information content (AvgIpc) is 2.58. The van der Waals surface area contributed by atoms with Gasteiger partial charge in [-0.15, -0.1) is 0 Å². The third-order valence-corrected chi connectivity index (χ3v) is 10.1. The van der Waals surface area contributed by atoms with Crippen molar-refractivity contribution < 1.29 is 0 Å². The molecule has 0 N–H and O–H groups in total. The molecule has 22 heavy (non-hydrogen) atoms. The fourth-order valence-electron chi connectivity index (χ4n) is 1.93. The monoisotopic (exact) mass is 554 g/mol. The molecule has 0 aromatic heterocycles. The summed E-state index contributed by atoms with van der Waals surface area (Å²) in [5.41, 5.74) is 3.04. The van der Waals surface area contributed by atoms with Crippen LogP contribution in [-0.4, -0.2) is 59.8 Å². The van der Waals surface area contributed by atoms with E-state index in [1.54, 1.807) is 8.92 Å². The maximum atomic E-state index is 3.45. The van der Waals surface area contributed by atoms with Gasteiger partial charge in [-0.1, -0.05) is 0 Å². The van der Waals surface area contributed by atoms with Crippen molar-refractivity contribution in [2.45, 2.75) is 22.3 Å². The van der Waals surface area contributed by atoms with Crippen LogP contribution < -0.4 is 8.92 Å². The van der Waals surface area contributed by atoms with Crippen LogP contribution in [0, 0.1) is 9.64 Å². The van der Waals surface area contributed by atoms with E-state index in [0.29, 0.717) is 59.8 Å². The Morgan fingerprint density at radius 2 is 1.09 bits per heavy atom. The molecule has 0 amide bonds. The van der Waals surface area contributed by atoms with Crippen molar-refractivity contribution >= 4 is 68.8 Å². The number of rotatable bonds is 6. The Bertz CT molecular complexity index is 600. The summed E-state index contributed by atoms with van der Waals surface area (Å²) in [5.74, 6) is 4.58. The number of hydrogen-bond donors (Lipinski definition) is 0. The molecule has 0 unspecified atom stereocenters. The van der Waals surface area contributed by atoms with Crippen LogP contribution in [0.2, 0.25) is 11.6 Å². The van der Waals surface area contributed by atoms with Crippen LogP contribution in [0.5, 0.6) is 0 Å². The van der Waals surface area contributed by atoms with E-state index in [1.165, 1.54) is 11.1 Å². The zero-order valence-corrected chi connectivity index (χ0v) is 19.5. The third kappa shape index (κ3) is 5.94. The normalized spacial score (nSPS) is 10.1. The molecule has 2 aromatic rings. The molecule has 0 aliphatic rings. The van der Waals surface area contributed by atoms with Gasteiger partial charge in [0.25, 0.3) is 0 Å². The van der Waals surface area contributed by atoms with Crippen molar-refractivity contribution in [1.82, 2.24) is 0 Å². The summed E-state index contributed by atoms with van der Waals surface area (Å²) < 4.78 is 3.09. The third-order valence-electron chi connectivity index (χ3n) is 3.03. The van der Waals surface area contributed by atoms with E-state index in [0.717, 1.165) is 10.6 Å². The van der Waals surface area contributed by atoms with E-state index in [1.807, 2.05) is 0 Å². The van der Waals surface area contributed by atoms with Gasteiger partial charge < -0.3 is 0 Å². The summed E-state index contributed by atoms with van der Waals surface area (Å²) in [6, 6.07) is 17.7. The minimum atomic E-state index is 0.428. The first kappa shape index (κ1) is 18.4. The quantitative estimate of drug-likeness (QED) is 0.378. The van der Waals surface area contributed by atoms with Gasteiger partial charge in [-0.25, -0.2) is 0 Å². The van der Waals surface area contributed by atoms with Crippen LogP contribution in [0.4, 0.5) is 0 Å². The van der Waals surface area contributed by atoms with E-state index in [9.17, 15) is 0 Å². The van der Waals surface area contributed by atoms with Crippen LogP contribution in [0.15, 0.2) is 48.5 Å². The number of benzene rings is 2. The molecule has 0 atom stereocenters. The van der Waals surface area contributed by atoms with E-state index in [-0.39, 0.29) is 0 Å². The Labute approximate surface area is 159 Å². The van der Waals surface area contributed by atoms with Crippen molar-refractivity contribution in [3.8, 4) is 9.64 Å². The summed E-state index contributed by atoms with van der Waals surface area (Å²) >= 11 is 2.04. The maximum absolute atomic E-state index is 3.45. The van der Waals surface area contributed by atoms with Gasteiger partial charge in [-0.3, -0.25) is 0 Å². The first-order valence-electron chi connectivity index (χ1n) is 6.82. The van der Waals surface area contributed by atoms with Gasteiger partial charge in [0.2, 0.25) is 0 Å². The molecule has 0 bridgehead atoms. The Morgan fingerprint density at radius 3 is 1.50 bits per heavy atom. The molecule has 0 radical (unpaired) electrons. The summed E-state index contributed by atoms with van der Waals surface area (Å²) in [5, 5.41) is 2.33. The molecule has 0 aliphatic carbocycles. The Kier molecular flexibility index (Phi) is 9.02. The Balaban J connectivity index is 1.80.